The van der Waals surface area contributed by atoms with Crippen molar-refractivity contribution in [2.45, 2.75) is 19.4 Å². The molecule has 1 amide bonds. The Hall–Kier alpha value is -2.47. The lowest BCUT2D eigenvalue weighted by Gasteiger charge is -2.11. The molecular formula is C16H17N3O3. The Bertz CT molecular complexity index is 652. The molecule has 3 rings (SSSR count). The molecule has 1 saturated heterocycles. The number of amides is 1. The number of carbonyl (C=O) groups excluding carboxylic acids is 1. The number of ether oxygens (including phenoxy) is 2. The molecule has 0 aliphatic carbocycles. The van der Waals surface area contributed by atoms with E-state index in [9.17, 15) is 4.79 Å². The van der Waals surface area contributed by atoms with Crippen LogP contribution in [0.25, 0.3) is 0 Å². The van der Waals surface area contributed by atoms with E-state index in [2.05, 4.69) is 15.3 Å². The summed E-state index contributed by atoms with van der Waals surface area (Å²) in [5.74, 6) is 0.774. The second kappa shape index (κ2) is 6.53. The number of carbonyl (C=O) groups is 1. The minimum absolute atomic E-state index is 0.0451. The van der Waals surface area contributed by atoms with Crippen molar-refractivity contribution >= 4 is 11.7 Å². The van der Waals surface area contributed by atoms with Crippen LogP contribution in [-0.4, -0.2) is 35.2 Å². The van der Waals surface area contributed by atoms with Gasteiger partial charge in [0.05, 0.1) is 18.8 Å². The van der Waals surface area contributed by atoms with Gasteiger partial charge in [0, 0.05) is 24.4 Å². The molecule has 0 spiro atoms. The quantitative estimate of drug-likeness (QED) is 0.937. The average molecular weight is 299 g/mol. The maximum absolute atomic E-state index is 12.1. The number of rotatable bonds is 4. The molecule has 0 bridgehead atoms. The molecule has 0 saturated carbocycles. The summed E-state index contributed by atoms with van der Waals surface area (Å²) in [5, 5.41) is 2.74. The minimum atomic E-state index is -0.249. The van der Waals surface area contributed by atoms with E-state index < -0.39 is 0 Å². The molecule has 2 aromatic heterocycles. The molecule has 114 valence electrons. The van der Waals surface area contributed by atoms with Gasteiger partial charge in [-0.25, -0.2) is 9.97 Å². The largest absolute Gasteiger partial charge is 0.472 e. The first-order valence-electron chi connectivity index (χ1n) is 7.16. The van der Waals surface area contributed by atoms with Crippen LogP contribution < -0.4 is 10.1 Å². The van der Waals surface area contributed by atoms with Crippen molar-refractivity contribution in [3.8, 4) is 5.88 Å². The molecule has 0 radical (unpaired) electrons. The van der Waals surface area contributed by atoms with Crippen LogP contribution in [0.5, 0.6) is 5.88 Å². The Kier molecular flexibility index (Phi) is 4.29. The molecule has 6 heteroatoms. The fourth-order valence-corrected chi connectivity index (χ4v) is 2.16. The van der Waals surface area contributed by atoms with Crippen LogP contribution in [-0.2, 0) is 4.74 Å². The zero-order chi connectivity index (χ0) is 15.4. The van der Waals surface area contributed by atoms with Gasteiger partial charge in [0.2, 0.25) is 5.88 Å². The van der Waals surface area contributed by atoms with E-state index in [-0.39, 0.29) is 12.0 Å². The summed E-state index contributed by atoms with van der Waals surface area (Å²) in [4.78, 5) is 20.5. The fraction of sp³-hybridized carbons (Fsp3) is 0.312. The van der Waals surface area contributed by atoms with Crippen molar-refractivity contribution in [3.63, 3.8) is 0 Å². The topological polar surface area (TPSA) is 73.3 Å². The number of aromatic nitrogens is 2. The van der Waals surface area contributed by atoms with Crippen LogP contribution in [0.3, 0.4) is 0 Å². The molecular weight excluding hydrogens is 282 g/mol. The molecule has 3 heterocycles. The lowest BCUT2D eigenvalue weighted by molar-refractivity contribution is 0.102. The monoisotopic (exact) mass is 299 g/mol. The van der Waals surface area contributed by atoms with Crippen LogP contribution >= 0.6 is 0 Å². The molecule has 0 aromatic carbocycles. The Morgan fingerprint density at radius 1 is 1.36 bits per heavy atom. The highest BCUT2D eigenvalue weighted by atomic mass is 16.5. The average Bonchev–Trinajstić information content (AvgIpc) is 3.01. The zero-order valence-corrected chi connectivity index (χ0v) is 12.3. The Balaban J connectivity index is 1.63. The van der Waals surface area contributed by atoms with E-state index in [1.807, 2.05) is 19.1 Å². The van der Waals surface area contributed by atoms with E-state index in [4.69, 9.17) is 9.47 Å². The highest BCUT2D eigenvalue weighted by molar-refractivity contribution is 6.03. The molecule has 22 heavy (non-hydrogen) atoms. The SMILES string of the molecule is Cc1cccc(NC(=O)c2ccc(OC3CCOC3)nc2)n1. The molecule has 1 unspecified atom stereocenters. The molecule has 2 aromatic rings. The number of nitrogens with zero attached hydrogens (tertiary/aromatic N) is 2. The first-order valence-corrected chi connectivity index (χ1v) is 7.16. The van der Waals surface area contributed by atoms with Gasteiger partial charge in [-0.3, -0.25) is 4.79 Å². The predicted octanol–water partition coefficient (Wildman–Crippen LogP) is 2.21. The Morgan fingerprint density at radius 3 is 2.95 bits per heavy atom. The van der Waals surface area contributed by atoms with Crippen molar-refractivity contribution in [3.05, 3.63) is 47.8 Å². The normalized spacial score (nSPS) is 17.2. The van der Waals surface area contributed by atoms with Gasteiger partial charge in [-0.1, -0.05) is 6.07 Å². The van der Waals surface area contributed by atoms with Gasteiger partial charge in [-0.15, -0.1) is 0 Å². The number of aryl methyl sites for hydroxylation is 1. The summed E-state index contributed by atoms with van der Waals surface area (Å²) < 4.78 is 10.9. The van der Waals surface area contributed by atoms with E-state index >= 15 is 0 Å². The third kappa shape index (κ3) is 3.59. The smallest absolute Gasteiger partial charge is 0.258 e. The maximum Gasteiger partial charge on any atom is 0.258 e. The summed E-state index contributed by atoms with van der Waals surface area (Å²) >= 11 is 0. The molecule has 1 N–H and O–H groups in total. The Labute approximate surface area is 128 Å². The Morgan fingerprint density at radius 2 is 2.27 bits per heavy atom. The standard InChI is InChI=1S/C16H17N3O3/c1-11-3-2-4-14(18-11)19-16(20)12-5-6-15(17-9-12)22-13-7-8-21-10-13/h2-6,9,13H,7-8,10H2,1H3,(H,18,19,20). The number of hydrogen-bond donors (Lipinski definition) is 1. The number of anilines is 1. The van der Waals surface area contributed by atoms with E-state index in [1.54, 1.807) is 18.2 Å². The molecule has 1 aliphatic heterocycles. The van der Waals surface area contributed by atoms with Crippen LogP contribution in [0, 0.1) is 6.92 Å². The van der Waals surface area contributed by atoms with Crippen molar-refractivity contribution in [1.29, 1.82) is 0 Å². The maximum atomic E-state index is 12.1. The summed E-state index contributed by atoms with van der Waals surface area (Å²) in [6, 6.07) is 8.84. The van der Waals surface area contributed by atoms with Crippen molar-refractivity contribution in [1.82, 2.24) is 9.97 Å². The van der Waals surface area contributed by atoms with Crippen LogP contribution in [0.15, 0.2) is 36.5 Å². The zero-order valence-electron chi connectivity index (χ0n) is 12.3. The minimum Gasteiger partial charge on any atom is -0.472 e. The van der Waals surface area contributed by atoms with Crippen LogP contribution in [0.4, 0.5) is 5.82 Å². The van der Waals surface area contributed by atoms with Gasteiger partial charge in [0.25, 0.3) is 5.91 Å². The first-order chi connectivity index (χ1) is 10.7. The van der Waals surface area contributed by atoms with Crippen LogP contribution in [0.1, 0.15) is 22.5 Å². The molecule has 1 atom stereocenters. The molecule has 1 aliphatic rings. The van der Waals surface area contributed by atoms with Crippen LogP contribution in [0.2, 0.25) is 0 Å². The van der Waals surface area contributed by atoms with Crippen molar-refractivity contribution < 1.29 is 14.3 Å². The predicted molar refractivity (Wildman–Crippen MR) is 81.0 cm³/mol. The van der Waals surface area contributed by atoms with Gasteiger partial charge in [-0.05, 0) is 25.1 Å². The summed E-state index contributed by atoms with van der Waals surface area (Å²) in [6.07, 6.45) is 2.41. The molecule has 1 fully saturated rings. The second-order valence-electron chi connectivity index (χ2n) is 5.11. The number of nitrogens with one attached hydrogen (secondary N) is 1. The van der Waals surface area contributed by atoms with E-state index in [1.165, 1.54) is 6.20 Å². The summed E-state index contributed by atoms with van der Waals surface area (Å²) in [6.45, 7) is 3.17. The highest BCUT2D eigenvalue weighted by Crippen LogP contribution is 2.15. The van der Waals surface area contributed by atoms with Gasteiger partial charge in [0.15, 0.2) is 0 Å². The third-order valence-electron chi connectivity index (χ3n) is 3.30. The lowest BCUT2D eigenvalue weighted by atomic mass is 10.2. The van der Waals surface area contributed by atoms with Gasteiger partial charge >= 0.3 is 0 Å². The van der Waals surface area contributed by atoms with Gasteiger partial charge < -0.3 is 14.8 Å². The first kappa shape index (κ1) is 14.5. The van der Waals surface area contributed by atoms with Crippen molar-refractivity contribution in [2.24, 2.45) is 0 Å². The second-order valence-corrected chi connectivity index (χ2v) is 5.11. The molecule has 6 nitrogen and oxygen atoms in total. The number of hydrogen-bond acceptors (Lipinski definition) is 5. The third-order valence-corrected chi connectivity index (χ3v) is 3.30. The van der Waals surface area contributed by atoms with Gasteiger partial charge in [-0.2, -0.15) is 0 Å². The van der Waals surface area contributed by atoms with E-state index in [0.717, 1.165) is 12.1 Å². The number of pyridine rings is 2. The summed E-state index contributed by atoms with van der Waals surface area (Å²) in [5.41, 5.74) is 1.30. The summed E-state index contributed by atoms with van der Waals surface area (Å²) in [7, 11) is 0. The lowest BCUT2D eigenvalue weighted by Crippen LogP contribution is -2.17. The van der Waals surface area contributed by atoms with Gasteiger partial charge in [0.1, 0.15) is 11.9 Å². The fourth-order valence-electron chi connectivity index (χ4n) is 2.16. The van der Waals surface area contributed by atoms with Crippen molar-refractivity contribution in [2.75, 3.05) is 18.5 Å². The van der Waals surface area contributed by atoms with E-state index in [0.29, 0.717) is 30.5 Å². The highest BCUT2D eigenvalue weighted by Gasteiger charge is 2.17.